The lowest BCUT2D eigenvalue weighted by Crippen LogP contribution is -2.14. The number of carbonyl (C=O) groups excluding carboxylic acids is 2. The summed E-state index contributed by atoms with van der Waals surface area (Å²) in [6.07, 6.45) is -0.812. The standard InChI is InChI=1S/C11H13NO5.C5H9ClO2/c1-8(2)7-16-11(13)17-10-5-3-9(4-6-10)12(14)15;1-4(2)3-8-5(6)7/h3-6,8H,7H2,1-2H3;4H,3H2,1-2H3. The highest BCUT2D eigenvalue weighted by atomic mass is 35.5. The Morgan fingerprint density at radius 3 is 1.88 bits per heavy atom. The van der Waals surface area contributed by atoms with E-state index in [1.165, 1.54) is 24.3 Å². The maximum absolute atomic E-state index is 11.2. The third-order valence-corrected chi connectivity index (χ3v) is 2.42. The number of hydrogen-bond donors (Lipinski definition) is 0. The van der Waals surface area contributed by atoms with E-state index in [2.05, 4.69) is 4.74 Å². The number of nitro groups is 1. The second kappa shape index (κ2) is 12.1. The van der Waals surface area contributed by atoms with Crippen LogP contribution in [0.25, 0.3) is 0 Å². The predicted octanol–water partition coefficient (Wildman–Crippen LogP) is 4.78. The molecule has 0 unspecified atom stereocenters. The molecule has 0 spiro atoms. The van der Waals surface area contributed by atoms with Gasteiger partial charge in [-0.25, -0.2) is 9.59 Å². The molecule has 0 bridgehead atoms. The number of hydrogen-bond acceptors (Lipinski definition) is 7. The Morgan fingerprint density at radius 2 is 1.52 bits per heavy atom. The number of halogens is 1. The van der Waals surface area contributed by atoms with Crippen LogP contribution in [-0.4, -0.2) is 29.7 Å². The zero-order valence-electron chi connectivity index (χ0n) is 14.6. The van der Waals surface area contributed by atoms with Crippen LogP contribution in [-0.2, 0) is 9.47 Å². The Hall–Kier alpha value is -2.35. The lowest BCUT2D eigenvalue weighted by Gasteiger charge is -2.07. The topological polar surface area (TPSA) is 105 Å². The first kappa shape index (κ1) is 22.6. The minimum absolute atomic E-state index is 0.0621. The van der Waals surface area contributed by atoms with E-state index in [1.54, 1.807) is 0 Å². The first-order valence-electron chi connectivity index (χ1n) is 7.53. The third-order valence-electron chi connectivity index (χ3n) is 2.31. The number of carbonyl (C=O) groups is 2. The van der Waals surface area contributed by atoms with Gasteiger partial charge < -0.3 is 14.2 Å². The van der Waals surface area contributed by atoms with E-state index >= 15 is 0 Å². The summed E-state index contributed by atoms with van der Waals surface area (Å²) in [6, 6.07) is 5.19. The number of nitrogens with zero attached hydrogens (tertiary/aromatic N) is 1. The summed E-state index contributed by atoms with van der Waals surface area (Å²) in [7, 11) is 0. The van der Waals surface area contributed by atoms with E-state index < -0.39 is 16.5 Å². The third kappa shape index (κ3) is 12.7. The Morgan fingerprint density at radius 1 is 1.04 bits per heavy atom. The maximum Gasteiger partial charge on any atom is 0.513 e. The van der Waals surface area contributed by atoms with E-state index in [1.807, 2.05) is 27.7 Å². The highest BCUT2D eigenvalue weighted by Gasteiger charge is 2.09. The monoisotopic (exact) mass is 375 g/mol. The first-order valence-corrected chi connectivity index (χ1v) is 7.91. The Bertz CT molecular complexity index is 558. The number of ether oxygens (including phenoxy) is 3. The number of benzene rings is 1. The fraction of sp³-hybridized carbons (Fsp3) is 0.500. The lowest BCUT2D eigenvalue weighted by atomic mass is 10.2. The van der Waals surface area contributed by atoms with Crippen LogP contribution in [0.1, 0.15) is 27.7 Å². The van der Waals surface area contributed by atoms with Crippen molar-refractivity contribution in [3.8, 4) is 5.75 Å². The van der Waals surface area contributed by atoms with Crippen LogP contribution < -0.4 is 4.74 Å². The van der Waals surface area contributed by atoms with Crippen molar-refractivity contribution in [1.82, 2.24) is 0 Å². The Balaban J connectivity index is 0.000000609. The van der Waals surface area contributed by atoms with Gasteiger partial charge in [-0.3, -0.25) is 10.1 Å². The van der Waals surface area contributed by atoms with Crippen molar-refractivity contribution < 1.29 is 28.7 Å². The molecule has 25 heavy (non-hydrogen) atoms. The normalized spacial score (nSPS) is 9.88. The molecule has 0 aliphatic carbocycles. The molecule has 1 aromatic rings. The zero-order chi connectivity index (χ0) is 19.4. The van der Waals surface area contributed by atoms with Crippen LogP contribution in [0.5, 0.6) is 5.75 Å². The smallest absolute Gasteiger partial charge is 0.453 e. The number of nitro benzene ring substituents is 1. The SMILES string of the molecule is CC(C)COC(=O)Cl.CC(C)COC(=O)Oc1ccc([N+](=O)[O-])cc1. The lowest BCUT2D eigenvalue weighted by molar-refractivity contribution is -0.384. The van der Waals surface area contributed by atoms with Crippen molar-refractivity contribution in [2.75, 3.05) is 13.2 Å². The maximum atomic E-state index is 11.2. The average Bonchev–Trinajstić information content (AvgIpc) is 2.52. The van der Waals surface area contributed by atoms with Crippen LogP contribution in [0.2, 0.25) is 0 Å². The molecule has 0 fully saturated rings. The van der Waals surface area contributed by atoms with E-state index in [4.69, 9.17) is 21.1 Å². The van der Waals surface area contributed by atoms with Crippen LogP contribution in [0.15, 0.2) is 24.3 Å². The average molecular weight is 376 g/mol. The molecular weight excluding hydrogens is 354 g/mol. The van der Waals surface area contributed by atoms with Gasteiger partial charge in [-0.2, -0.15) is 0 Å². The van der Waals surface area contributed by atoms with Crippen LogP contribution in [0.3, 0.4) is 0 Å². The van der Waals surface area contributed by atoms with E-state index in [0.717, 1.165) is 0 Å². The van der Waals surface area contributed by atoms with Crippen LogP contribution in [0.4, 0.5) is 15.3 Å². The summed E-state index contributed by atoms with van der Waals surface area (Å²) in [6.45, 7) is 8.37. The molecule has 0 aromatic heterocycles. The van der Waals surface area contributed by atoms with Crippen molar-refractivity contribution >= 4 is 28.9 Å². The molecule has 1 aromatic carbocycles. The molecule has 0 radical (unpaired) electrons. The van der Waals surface area contributed by atoms with Crippen molar-refractivity contribution in [1.29, 1.82) is 0 Å². The van der Waals surface area contributed by atoms with Crippen LogP contribution in [0, 0.1) is 22.0 Å². The van der Waals surface area contributed by atoms with Gasteiger partial charge in [0.25, 0.3) is 5.69 Å². The molecule has 8 nitrogen and oxygen atoms in total. The molecular formula is C16H22ClNO7. The van der Waals surface area contributed by atoms with Gasteiger partial charge in [0, 0.05) is 23.7 Å². The van der Waals surface area contributed by atoms with Gasteiger partial charge in [0.15, 0.2) is 0 Å². The van der Waals surface area contributed by atoms with E-state index in [-0.39, 0.29) is 24.0 Å². The number of non-ortho nitro benzene ring substituents is 1. The van der Waals surface area contributed by atoms with Gasteiger partial charge in [-0.05, 0) is 24.0 Å². The molecule has 0 atom stereocenters. The molecule has 0 amide bonds. The van der Waals surface area contributed by atoms with Gasteiger partial charge in [0.05, 0.1) is 18.1 Å². The van der Waals surface area contributed by atoms with Gasteiger partial charge in [0.1, 0.15) is 5.75 Å². The fourth-order valence-corrected chi connectivity index (χ4v) is 1.29. The van der Waals surface area contributed by atoms with E-state index in [0.29, 0.717) is 12.5 Å². The fourth-order valence-electron chi connectivity index (χ4n) is 1.23. The molecule has 140 valence electrons. The molecule has 0 N–H and O–H groups in total. The summed E-state index contributed by atoms with van der Waals surface area (Å²) in [5.74, 6) is 0.793. The van der Waals surface area contributed by atoms with E-state index in [9.17, 15) is 19.7 Å². The van der Waals surface area contributed by atoms with Crippen molar-refractivity contribution in [3.05, 3.63) is 34.4 Å². The van der Waals surface area contributed by atoms with Crippen molar-refractivity contribution in [2.24, 2.45) is 11.8 Å². The zero-order valence-corrected chi connectivity index (χ0v) is 15.3. The van der Waals surface area contributed by atoms with Gasteiger partial charge >= 0.3 is 11.6 Å². The van der Waals surface area contributed by atoms with Gasteiger partial charge in [-0.15, -0.1) is 0 Å². The molecule has 0 aliphatic heterocycles. The minimum Gasteiger partial charge on any atom is -0.453 e. The Labute approximate surface area is 151 Å². The summed E-state index contributed by atoms with van der Waals surface area (Å²) < 4.78 is 14.0. The number of rotatable bonds is 6. The second-order valence-corrected chi connectivity index (χ2v) is 6.06. The van der Waals surface area contributed by atoms with Crippen LogP contribution >= 0.6 is 11.6 Å². The highest BCUT2D eigenvalue weighted by molar-refractivity contribution is 6.61. The minimum atomic E-state index is -0.812. The predicted molar refractivity (Wildman–Crippen MR) is 91.9 cm³/mol. The van der Waals surface area contributed by atoms with Crippen molar-refractivity contribution in [2.45, 2.75) is 27.7 Å². The second-order valence-electron chi connectivity index (χ2n) is 5.75. The highest BCUT2D eigenvalue weighted by Crippen LogP contribution is 2.17. The summed E-state index contributed by atoms with van der Waals surface area (Å²) >= 11 is 4.86. The van der Waals surface area contributed by atoms with Crippen molar-refractivity contribution in [3.63, 3.8) is 0 Å². The molecule has 0 heterocycles. The molecule has 9 heteroatoms. The largest absolute Gasteiger partial charge is 0.513 e. The summed E-state index contributed by atoms with van der Waals surface area (Å²) in [4.78, 5) is 30.9. The summed E-state index contributed by atoms with van der Waals surface area (Å²) in [5, 5.41) is 10.4. The summed E-state index contributed by atoms with van der Waals surface area (Å²) in [5.41, 5.74) is -0.786. The molecule has 0 saturated carbocycles. The molecule has 0 aliphatic rings. The van der Waals surface area contributed by atoms with Gasteiger partial charge in [0.2, 0.25) is 0 Å². The Kier molecular flexibility index (Phi) is 10.9. The quantitative estimate of drug-likeness (QED) is 0.231. The van der Waals surface area contributed by atoms with Gasteiger partial charge in [-0.1, -0.05) is 27.7 Å². The molecule has 1 rings (SSSR count). The first-order chi connectivity index (χ1) is 11.6. The molecule has 0 saturated heterocycles.